The van der Waals surface area contributed by atoms with Crippen LogP contribution in [0.5, 0.6) is 5.75 Å². The van der Waals surface area contributed by atoms with Crippen LogP contribution in [0.15, 0.2) is 77.9 Å². The Morgan fingerprint density at radius 3 is 2.34 bits per heavy atom. The Bertz CT molecular complexity index is 1100. The lowest BCUT2D eigenvalue weighted by Gasteiger charge is -2.11. The van der Waals surface area contributed by atoms with Gasteiger partial charge in [-0.25, -0.2) is 14.2 Å². The second kappa shape index (κ2) is 10.8. The van der Waals surface area contributed by atoms with E-state index in [2.05, 4.69) is 15.8 Å². The van der Waals surface area contributed by atoms with Crippen LogP contribution in [-0.4, -0.2) is 18.0 Å². The zero-order valence-electron chi connectivity index (χ0n) is 17.2. The summed E-state index contributed by atoms with van der Waals surface area (Å²) in [5, 5.41) is 6.22. The van der Waals surface area contributed by atoms with Gasteiger partial charge >= 0.3 is 0 Å². The highest BCUT2D eigenvalue weighted by atomic mass is 19.1. The average Bonchev–Trinajstić information content (AvgIpc) is 2.80. The van der Waals surface area contributed by atoms with E-state index in [0.717, 1.165) is 5.56 Å². The number of carbonyl (C=O) groups excluding carboxylic acids is 2. The second-order valence-electron chi connectivity index (χ2n) is 6.91. The maximum atomic E-state index is 13.6. The number of rotatable bonds is 8. The molecule has 0 fully saturated rings. The maximum Gasteiger partial charge on any atom is 0.252 e. The van der Waals surface area contributed by atoms with E-state index >= 15 is 0 Å². The van der Waals surface area contributed by atoms with Gasteiger partial charge in [0.1, 0.15) is 29.9 Å². The molecule has 8 heteroatoms. The van der Waals surface area contributed by atoms with E-state index in [-0.39, 0.29) is 11.5 Å². The molecule has 0 aliphatic heterocycles. The quantitative estimate of drug-likeness (QED) is 0.314. The summed E-state index contributed by atoms with van der Waals surface area (Å²) in [6.45, 7) is 1.70. The highest BCUT2D eigenvalue weighted by molar-refractivity contribution is 6.06. The van der Waals surface area contributed by atoms with Gasteiger partial charge in [-0.15, -0.1) is 0 Å². The molecule has 1 unspecified atom stereocenters. The summed E-state index contributed by atoms with van der Waals surface area (Å²) in [5.74, 6) is -2.62. The molecule has 164 valence electrons. The molecule has 0 saturated carbocycles. The molecule has 3 aromatic rings. The standard InChI is InChI=1S/C24H21F2N3O3/c1-16(23(30)28-22-5-3-2-4-21(22)26)24(31)29-27-14-17-8-12-20(13-9-17)32-15-18-6-10-19(25)11-7-18/h2-14,16H,15H2,1H3,(H,28,30)(H,29,31). The number of anilines is 1. The number of nitrogens with zero attached hydrogens (tertiary/aromatic N) is 1. The summed E-state index contributed by atoms with van der Waals surface area (Å²) in [6, 6.07) is 18.7. The number of para-hydroxylation sites is 1. The number of hydrogen-bond acceptors (Lipinski definition) is 4. The highest BCUT2D eigenvalue weighted by Crippen LogP contribution is 2.15. The van der Waals surface area contributed by atoms with Crippen LogP contribution in [0.3, 0.4) is 0 Å². The minimum Gasteiger partial charge on any atom is -0.489 e. The zero-order valence-corrected chi connectivity index (χ0v) is 17.2. The first kappa shape index (κ1) is 22.6. The number of nitrogens with one attached hydrogen (secondary N) is 2. The lowest BCUT2D eigenvalue weighted by molar-refractivity contribution is -0.131. The van der Waals surface area contributed by atoms with Crippen LogP contribution in [0.4, 0.5) is 14.5 Å². The molecule has 0 aromatic heterocycles. The minimum atomic E-state index is -1.08. The van der Waals surface area contributed by atoms with Gasteiger partial charge in [-0.2, -0.15) is 5.10 Å². The van der Waals surface area contributed by atoms with Gasteiger partial charge in [0.25, 0.3) is 5.91 Å². The monoisotopic (exact) mass is 437 g/mol. The molecule has 0 spiro atoms. The molecule has 6 nitrogen and oxygen atoms in total. The summed E-state index contributed by atoms with van der Waals surface area (Å²) >= 11 is 0. The first-order valence-corrected chi connectivity index (χ1v) is 9.78. The summed E-state index contributed by atoms with van der Waals surface area (Å²) < 4.78 is 32.2. The first-order valence-electron chi connectivity index (χ1n) is 9.78. The van der Waals surface area contributed by atoms with Crippen molar-refractivity contribution in [3.05, 3.63) is 95.6 Å². The van der Waals surface area contributed by atoms with E-state index in [4.69, 9.17) is 4.74 Å². The fourth-order valence-corrected chi connectivity index (χ4v) is 2.59. The minimum absolute atomic E-state index is 0.00221. The van der Waals surface area contributed by atoms with Crippen molar-refractivity contribution in [2.45, 2.75) is 13.5 Å². The third kappa shape index (κ3) is 6.46. The van der Waals surface area contributed by atoms with Crippen molar-refractivity contribution < 1.29 is 23.1 Å². The third-order valence-corrected chi connectivity index (χ3v) is 4.51. The SMILES string of the molecule is CC(C(=O)NN=Cc1ccc(OCc2ccc(F)cc2)cc1)C(=O)Nc1ccccc1F. The van der Waals surface area contributed by atoms with Crippen LogP contribution in [0.2, 0.25) is 0 Å². The van der Waals surface area contributed by atoms with Crippen molar-refractivity contribution in [1.29, 1.82) is 0 Å². The predicted molar refractivity (Wildman–Crippen MR) is 117 cm³/mol. The van der Waals surface area contributed by atoms with Crippen LogP contribution in [-0.2, 0) is 16.2 Å². The first-order chi connectivity index (χ1) is 15.4. The highest BCUT2D eigenvalue weighted by Gasteiger charge is 2.22. The molecule has 0 saturated heterocycles. The number of carbonyl (C=O) groups is 2. The number of amides is 2. The van der Waals surface area contributed by atoms with Gasteiger partial charge in [0, 0.05) is 0 Å². The van der Waals surface area contributed by atoms with Gasteiger partial charge in [0.05, 0.1) is 11.9 Å². The molecule has 0 heterocycles. The largest absolute Gasteiger partial charge is 0.489 e. The van der Waals surface area contributed by atoms with Crippen LogP contribution in [0.25, 0.3) is 0 Å². The van der Waals surface area contributed by atoms with Crippen LogP contribution in [0.1, 0.15) is 18.1 Å². The Labute approximate surface area is 183 Å². The van der Waals surface area contributed by atoms with Gasteiger partial charge in [-0.05, 0) is 66.6 Å². The van der Waals surface area contributed by atoms with E-state index < -0.39 is 23.5 Å². The van der Waals surface area contributed by atoms with Crippen LogP contribution < -0.4 is 15.5 Å². The number of hydrogen-bond donors (Lipinski definition) is 2. The summed E-state index contributed by atoms with van der Waals surface area (Å²) in [6.07, 6.45) is 1.42. The fourth-order valence-electron chi connectivity index (χ4n) is 2.59. The Kier molecular flexibility index (Phi) is 7.64. The van der Waals surface area contributed by atoms with E-state index in [1.807, 2.05) is 0 Å². The van der Waals surface area contributed by atoms with Crippen molar-refractivity contribution in [3.63, 3.8) is 0 Å². The van der Waals surface area contributed by atoms with Crippen molar-refractivity contribution in [1.82, 2.24) is 5.43 Å². The van der Waals surface area contributed by atoms with Gasteiger partial charge in [0.15, 0.2) is 0 Å². The number of hydrazone groups is 1. The van der Waals surface area contributed by atoms with Crippen molar-refractivity contribution in [2.75, 3.05) is 5.32 Å². The van der Waals surface area contributed by atoms with E-state index in [1.54, 1.807) is 42.5 Å². The summed E-state index contributed by atoms with van der Waals surface area (Å²) in [4.78, 5) is 24.3. The Balaban J connectivity index is 1.47. The Morgan fingerprint density at radius 1 is 0.969 bits per heavy atom. The molecule has 2 amide bonds. The third-order valence-electron chi connectivity index (χ3n) is 4.51. The molecular formula is C24H21F2N3O3. The Morgan fingerprint density at radius 2 is 1.66 bits per heavy atom. The number of ether oxygens (including phenoxy) is 1. The van der Waals surface area contributed by atoms with Crippen molar-refractivity contribution >= 4 is 23.7 Å². The molecule has 0 radical (unpaired) electrons. The van der Waals surface area contributed by atoms with Crippen LogP contribution in [0, 0.1) is 17.6 Å². The maximum absolute atomic E-state index is 13.6. The predicted octanol–water partition coefficient (Wildman–Crippen LogP) is 4.27. The summed E-state index contributed by atoms with van der Waals surface area (Å²) in [5.41, 5.74) is 3.83. The van der Waals surface area contributed by atoms with Crippen molar-refractivity contribution in [2.24, 2.45) is 11.0 Å². The molecule has 0 bridgehead atoms. The van der Waals surface area contributed by atoms with Crippen LogP contribution >= 0.6 is 0 Å². The van der Waals surface area contributed by atoms with Crippen molar-refractivity contribution in [3.8, 4) is 5.75 Å². The normalized spacial score (nSPS) is 11.7. The molecular weight excluding hydrogens is 416 g/mol. The number of halogens is 2. The van der Waals surface area contributed by atoms with Gasteiger partial charge < -0.3 is 10.1 Å². The lowest BCUT2D eigenvalue weighted by Crippen LogP contribution is -2.34. The van der Waals surface area contributed by atoms with Gasteiger partial charge in [-0.3, -0.25) is 9.59 Å². The molecule has 2 N–H and O–H groups in total. The van der Waals surface area contributed by atoms with Gasteiger partial charge in [-0.1, -0.05) is 24.3 Å². The molecule has 1 atom stereocenters. The molecule has 0 aliphatic carbocycles. The summed E-state index contributed by atoms with van der Waals surface area (Å²) in [7, 11) is 0. The smallest absolute Gasteiger partial charge is 0.252 e. The van der Waals surface area contributed by atoms with E-state index in [0.29, 0.717) is 17.9 Å². The topological polar surface area (TPSA) is 79.8 Å². The fraction of sp³-hybridized carbons (Fsp3) is 0.125. The number of benzene rings is 3. The van der Waals surface area contributed by atoms with Gasteiger partial charge in [0.2, 0.25) is 5.91 Å². The Hall–Kier alpha value is -4.07. The lowest BCUT2D eigenvalue weighted by atomic mass is 10.1. The average molecular weight is 437 g/mol. The van der Waals surface area contributed by atoms with E-state index in [9.17, 15) is 18.4 Å². The molecule has 0 aliphatic rings. The van der Waals surface area contributed by atoms with E-state index in [1.165, 1.54) is 43.5 Å². The molecule has 3 rings (SSSR count). The molecule has 3 aromatic carbocycles. The molecule has 32 heavy (non-hydrogen) atoms. The zero-order chi connectivity index (χ0) is 22.9. The second-order valence-corrected chi connectivity index (χ2v) is 6.91.